The van der Waals surface area contributed by atoms with E-state index in [9.17, 15) is 0 Å². The number of aromatic nitrogens is 1. The Morgan fingerprint density at radius 2 is 1.88 bits per heavy atom. The first-order valence-corrected chi connectivity index (χ1v) is 8.26. The minimum Gasteiger partial charge on any atom is -0.363 e. The number of pyridine rings is 1. The molecule has 0 aliphatic rings. The first-order valence-electron chi connectivity index (χ1n) is 7.50. The summed E-state index contributed by atoms with van der Waals surface area (Å²) in [6.45, 7) is 1.20. The molecule has 0 bridgehead atoms. The Balaban J connectivity index is 1.88. The van der Waals surface area contributed by atoms with Crippen molar-refractivity contribution < 1.29 is 0 Å². The summed E-state index contributed by atoms with van der Waals surface area (Å²) in [6, 6.07) is 9.47. The van der Waals surface area contributed by atoms with Crippen molar-refractivity contribution in [3.63, 3.8) is 0 Å². The summed E-state index contributed by atoms with van der Waals surface area (Å²) in [5, 5.41) is 7.74. The Morgan fingerprint density at radius 3 is 2.46 bits per heavy atom. The fourth-order valence-corrected chi connectivity index (χ4v) is 2.51. The highest BCUT2D eigenvalue weighted by atomic mass is 35.5. The molecule has 0 saturated carbocycles. The van der Waals surface area contributed by atoms with Gasteiger partial charge in [0, 0.05) is 50.5 Å². The van der Waals surface area contributed by atoms with Crippen LogP contribution >= 0.6 is 23.2 Å². The highest BCUT2D eigenvalue weighted by Gasteiger charge is 2.04. The lowest BCUT2D eigenvalue weighted by Crippen LogP contribution is -2.36. The van der Waals surface area contributed by atoms with Gasteiger partial charge in [0.2, 0.25) is 0 Å². The topological polar surface area (TPSA) is 52.6 Å². The second-order valence-electron chi connectivity index (χ2n) is 5.43. The zero-order valence-electron chi connectivity index (χ0n) is 14.0. The Kier molecular flexibility index (Phi) is 6.70. The molecule has 7 heteroatoms. The van der Waals surface area contributed by atoms with Gasteiger partial charge in [-0.25, -0.2) is 4.98 Å². The predicted octanol–water partition coefficient (Wildman–Crippen LogP) is 3.32. The van der Waals surface area contributed by atoms with Gasteiger partial charge >= 0.3 is 0 Å². The Hall–Kier alpha value is -1.98. The summed E-state index contributed by atoms with van der Waals surface area (Å²) in [5.74, 6) is 1.62. The van der Waals surface area contributed by atoms with Crippen molar-refractivity contribution in [1.82, 2.24) is 15.6 Å². The van der Waals surface area contributed by atoms with Gasteiger partial charge in [-0.1, -0.05) is 35.3 Å². The van der Waals surface area contributed by atoms with Crippen LogP contribution in [0.2, 0.25) is 10.0 Å². The maximum Gasteiger partial charge on any atom is 0.191 e. The number of nitrogens with zero attached hydrogens (tertiary/aromatic N) is 3. The normalized spacial score (nSPS) is 11.3. The molecule has 2 rings (SSSR count). The number of aliphatic imine (C=N–C) groups is 1. The number of rotatable bonds is 5. The molecule has 1 aromatic heterocycles. The van der Waals surface area contributed by atoms with Gasteiger partial charge < -0.3 is 15.5 Å². The van der Waals surface area contributed by atoms with Gasteiger partial charge in [0.15, 0.2) is 5.96 Å². The number of nitrogens with one attached hydrogen (secondary N) is 2. The van der Waals surface area contributed by atoms with Crippen molar-refractivity contribution in [2.75, 3.05) is 26.0 Å². The van der Waals surface area contributed by atoms with Crippen LogP contribution in [0.1, 0.15) is 11.1 Å². The second-order valence-corrected chi connectivity index (χ2v) is 6.28. The van der Waals surface area contributed by atoms with Crippen LogP contribution in [0.5, 0.6) is 0 Å². The molecule has 1 aromatic carbocycles. The van der Waals surface area contributed by atoms with E-state index in [2.05, 4.69) is 20.6 Å². The quantitative estimate of drug-likeness (QED) is 0.630. The average molecular weight is 366 g/mol. The largest absolute Gasteiger partial charge is 0.363 e. The third kappa shape index (κ3) is 5.28. The Bertz CT molecular complexity index is 699. The van der Waals surface area contributed by atoms with Crippen molar-refractivity contribution in [2.45, 2.75) is 13.1 Å². The standard InChI is InChI=1S/C17H21Cl2N5/c1-20-17(23-11-13-5-6-14(18)8-15(13)19)22-10-12-4-7-16(21-9-12)24(2)3/h4-9H,10-11H2,1-3H3,(H2,20,22,23). The number of hydrogen-bond donors (Lipinski definition) is 2. The number of benzene rings is 1. The molecule has 24 heavy (non-hydrogen) atoms. The van der Waals surface area contributed by atoms with Gasteiger partial charge in [0.05, 0.1) is 0 Å². The molecule has 2 N–H and O–H groups in total. The first-order chi connectivity index (χ1) is 11.5. The summed E-state index contributed by atoms with van der Waals surface area (Å²) in [7, 11) is 5.66. The molecule has 5 nitrogen and oxygen atoms in total. The predicted molar refractivity (Wildman–Crippen MR) is 102 cm³/mol. The highest BCUT2D eigenvalue weighted by Crippen LogP contribution is 2.20. The zero-order chi connectivity index (χ0) is 17.5. The van der Waals surface area contributed by atoms with E-state index in [0.717, 1.165) is 16.9 Å². The van der Waals surface area contributed by atoms with Crippen molar-refractivity contribution in [1.29, 1.82) is 0 Å². The molecule has 128 valence electrons. The van der Waals surface area contributed by atoms with E-state index in [1.165, 1.54) is 0 Å². The molecular weight excluding hydrogens is 345 g/mol. The number of anilines is 1. The van der Waals surface area contributed by atoms with Crippen LogP contribution < -0.4 is 15.5 Å². The Morgan fingerprint density at radius 1 is 1.12 bits per heavy atom. The molecular formula is C17H21Cl2N5. The third-order valence-electron chi connectivity index (χ3n) is 3.41. The van der Waals surface area contributed by atoms with Gasteiger partial charge in [0.1, 0.15) is 5.82 Å². The van der Waals surface area contributed by atoms with Crippen LogP contribution in [0.4, 0.5) is 5.82 Å². The molecule has 0 fully saturated rings. The van der Waals surface area contributed by atoms with Gasteiger partial charge in [-0.3, -0.25) is 4.99 Å². The molecule has 0 aliphatic heterocycles. The van der Waals surface area contributed by atoms with Crippen LogP contribution in [-0.2, 0) is 13.1 Å². The molecule has 0 aliphatic carbocycles. The fourth-order valence-electron chi connectivity index (χ4n) is 2.04. The average Bonchev–Trinajstić information content (AvgIpc) is 2.57. The number of guanidine groups is 1. The van der Waals surface area contributed by atoms with Crippen molar-refractivity contribution in [3.05, 3.63) is 57.7 Å². The minimum absolute atomic E-state index is 0.563. The molecule has 0 atom stereocenters. The van der Waals surface area contributed by atoms with E-state index in [4.69, 9.17) is 23.2 Å². The lowest BCUT2D eigenvalue weighted by atomic mass is 10.2. The van der Waals surface area contributed by atoms with Gasteiger partial charge in [0.25, 0.3) is 0 Å². The maximum atomic E-state index is 6.17. The van der Waals surface area contributed by atoms with E-state index in [1.807, 2.05) is 49.5 Å². The van der Waals surface area contributed by atoms with Gasteiger partial charge in [-0.05, 0) is 29.3 Å². The first kappa shape index (κ1) is 18.4. The highest BCUT2D eigenvalue weighted by molar-refractivity contribution is 6.35. The smallest absolute Gasteiger partial charge is 0.191 e. The summed E-state index contributed by atoms with van der Waals surface area (Å²) < 4.78 is 0. The number of hydrogen-bond acceptors (Lipinski definition) is 3. The molecule has 0 spiro atoms. The van der Waals surface area contributed by atoms with Crippen molar-refractivity contribution in [2.24, 2.45) is 4.99 Å². The van der Waals surface area contributed by atoms with E-state index in [-0.39, 0.29) is 0 Å². The molecule has 0 saturated heterocycles. The van der Waals surface area contributed by atoms with Crippen LogP contribution in [0.15, 0.2) is 41.5 Å². The summed E-state index contributed by atoms with van der Waals surface area (Å²) in [6.07, 6.45) is 1.85. The van der Waals surface area contributed by atoms with Crippen LogP contribution in [0.3, 0.4) is 0 Å². The minimum atomic E-state index is 0.563. The summed E-state index contributed by atoms with van der Waals surface area (Å²) in [4.78, 5) is 10.6. The van der Waals surface area contributed by atoms with Crippen molar-refractivity contribution >= 4 is 35.0 Å². The number of halogens is 2. The molecule has 0 radical (unpaired) electrons. The van der Waals surface area contributed by atoms with E-state index in [0.29, 0.717) is 29.1 Å². The zero-order valence-corrected chi connectivity index (χ0v) is 15.5. The van der Waals surface area contributed by atoms with E-state index in [1.54, 1.807) is 13.1 Å². The van der Waals surface area contributed by atoms with Crippen LogP contribution in [0.25, 0.3) is 0 Å². The molecule has 0 amide bonds. The Labute approximate surface area is 152 Å². The summed E-state index contributed by atoms with van der Waals surface area (Å²) >= 11 is 12.1. The lowest BCUT2D eigenvalue weighted by molar-refractivity contribution is 0.806. The lowest BCUT2D eigenvalue weighted by Gasteiger charge is -2.14. The van der Waals surface area contributed by atoms with Gasteiger partial charge in [-0.15, -0.1) is 0 Å². The molecule has 2 aromatic rings. The second kappa shape index (κ2) is 8.76. The monoisotopic (exact) mass is 365 g/mol. The summed E-state index contributed by atoms with van der Waals surface area (Å²) in [5.41, 5.74) is 2.04. The van der Waals surface area contributed by atoms with E-state index >= 15 is 0 Å². The molecule has 0 unspecified atom stereocenters. The van der Waals surface area contributed by atoms with E-state index < -0.39 is 0 Å². The van der Waals surface area contributed by atoms with Gasteiger partial charge in [-0.2, -0.15) is 0 Å². The van der Waals surface area contributed by atoms with Crippen molar-refractivity contribution in [3.8, 4) is 0 Å². The molecule has 1 heterocycles. The third-order valence-corrected chi connectivity index (χ3v) is 4.00. The van der Waals surface area contributed by atoms with Crippen LogP contribution in [0, 0.1) is 0 Å². The fraction of sp³-hybridized carbons (Fsp3) is 0.294. The maximum absolute atomic E-state index is 6.17. The van der Waals surface area contributed by atoms with Crippen LogP contribution in [-0.4, -0.2) is 32.1 Å². The SMILES string of the molecule is CN=C(NCc1ccc(N(C)C)nc1)NCc1ccc(Cl)cc1Cl.